The van der Waals surface area contributed by atoms with Crippen LogP contribution in [0.1, 0.15) is 24.8 Å². The van der Waals surface area contributed by atoms with Gasteiger partial charge in [-0.2, -0.15) is 0 Å². The third kappa shape index (κ3) is 2.79. The van der Waals surface area contributed by atoms with Crippen molar-refractivity contribution in [3.8, 4) is 0 Å². The van der Waals surface area contributed by atoms with Crippen molar-refractivity contribution >= 4 is 5.69 Å². The van der Waals surface area contributed by atoms with Crippen molar-refractivity contribution in [1.29, 1.82) is 0 Å². The lowest BCUT2D eigenvalue weighted by Crippen LogP contribution is -2.42. The number of aliphatic hydroxyl groups is 1. The highest BCUT2D eigenvalue weighted by molar-refractivity contribution is 5.54. The van der Waals surface area contributed by atoms with Gasteiger partial charge in [0.2, 0.25) is 0 Å². The summed E-state index contributed by atoms with van der Waals surface area (Å²) in [5.41, 5.74) is 2.59. The van der Waals surface area contributed by atoms with Crippen LogP contribution >= 0.6 is 0 Å². The Morgan fingerprint density at radius 3 is 2.94 bits per heavy atom. The topological polar surface area (TPSA) is 35.5 Å². The maximum Gasteiger partial charge on any atom is 0.0635 e. The minimum Gasteiger partial charge on any atom is -0.394 e. The van der Waals surface area contributed by atoms with Crippen LogP contribution in [0, 0.1) is 0 Å². The van der Waals surface area contributed by atoms with E-state index in [2.05, 4.69) is 34.5 Å². The van der Waals surface area contributed by atoms with Gasteiger partial charge in [0.25, 0.3) is 0 Å². The van der Waals surface area contributed by atoms with Crippen molar-refractivity contribution in [3.63, 3.8) is 0 Å². The normalized spacial score (nSPS) is 20.6. The van der Waals surface area contributed by atoms with Gasteiger partial charge in [0.05, 0.1) is 12.6 Å². The van der Waals surface area contributed by atoms with Gasteiger partial charge in [-0.1, -0.05) is 18.2 Å². The molecule has 3 heteroatoms. The van der Waals surface area contributed by atoms with Gasteiger partial charge >= 0.3 is 0 Å². The summed E-state index contributed by atoms with van der Waals surface area (Å²) < 4.78 is 0. The second kappa shape index (κ2) is 6.03. The van der Waals surface area contributed by atoms with Gasteiger partial charge in [-0.3, -0.25) is 0 Å². The van der Waals surface area contributed by atoms with Gasteiger partial charge in [-0.05, 0) is 37.9 Å². The number of hydrogen-bond acceptors (Lipinski definition) is 3. The van der Waals surface area contributed by atoms with Crippen molar-refractivity contribution < 1.29 is 5.11 Å². The molecule has 0 saturated carbocycles. The summed E-state index contributed by atoms with van der Waals surface area (Å²) >= 11 is 0. The van der Waals surface area contributed by atoms with Gasteiger partial charge in [-0.15, -0.1) is 0 Å². The number of para-hydroxylation sites is 1. The number of piperidine rings is 1. The highest BCUT2D eigenvalue weighted by Gasteiger charge is 2.23. The van der Waals surface area contributed by atoms with Crippen LogP contribution in [-0.4, -0.2) is 31.3 Å². The molecule has 0 spiro atoms. The minimum absolute atomic E-state index is 0.258. The summed E-state index contributed by atoms with van der Waals surface area (Å²) in [6.07, 6.45) is 3.56. The number of aliphatic hydroxyl groups excluding tert-OH is 1. The second-order valence-electron chi connectivity index (χ2n) is 4.68. The van der Waals surface area contributed by atoms with Gasteiger partial charge in [-0.25, -0.2) is 0 Å². The zero-order chi connectivity index (χ0) is 12.1. The summed E-state index contributed by atoms with van der Waals surface area (Å²) in [6.45, 7) is 2.20. The number of benzene rings is 1. The van der Waals surface area contributed by atoms with E-state index in [1.54, 1.807) is 0 Å². The zero-order valence-corrected chi connectivity index (χ0v) is 10.5. The molecule has 3 nitrogen and oxygen atoms in total. The van der Waals surface area contributed by atoms with Crippen molar-refractivity contribution in [2.75, 3.05) is 25.1 Å². The first kappa shape index (κ1) is 12.4. The van der Waals surface area contributed by atoms with Crippen molar-refractivity contribution in [2.24, 2.45) is 0 Å². The molecule has 0 aromatic heterocycles. The Labute approximate surface area is 103 Å². The number of hydrogen-bond donors (Lipinski definition) is 2. The standard InChI is InChI=1S/C14H22N2O/c1-15-10-12-6-2-3-8-14(12)16-9-5-4-7-13(16)11-17/h2-3,6,8,13,15,17H,4-5,7,9-11H2,1H3. The molecule has 1 aromatic carbocycles. The van der Waals surface area contributed by atoms with Crippen LogP contribution < -0.4 is 10.2 Å². The Kier molecular flexibility index (Phi) is 4.40. The van der Waals surface area contributed by atoms with Crippen LogP contribution in [0.15, 0.2) is 24.3 Å². The molecule has 2 N–H and O–H groups in total. The highest BCUT2D eigenvalue weighted by atomic mass is 16.3. The number of rotatable bonds is 4. The Hall–Kier alpha value is -1.06. The SMILES string of the molecule is CNCc1ccccc1N1CCCCC1CO. The average Bonchev–Trinajstić information content (AvgIpc) is 2.40. The van der Waals surface area contributed by atoms with Crippen molar-refractivity contribution in [3.05, 3.63) is 29.8 Å². The van der Waals surface area contributed by atoms with Crippen LogP contribution in [0.2, 0.25) is 0 Å². The van der Waals surface area contributed by atoms with Crippen LogP contribution in [0.3, 0.4) is 0 Å². The Bertz CT molecular complexity index is 354. The van der Waals surface area contributed by atoms with E-state index in [1.807, 2.05) is 7.05 Å². The lowest BCUT2D eigenvalue weighted by molar-refractivity contribution is 0.240. The highest BCUT2D eigenvalue weighted by Crippen LogP contribution is 2.27. The maximum atomic E-state index is 9.49. The molecule has 1 aliphatic rings. The zero-order valence-electron chi connectivity index (χ0n) is 10.5. The van der Waals surface area contributed by atoms with Gasteiger partial charge in [0.1, 0.15) is 0 Å². The Morgan fingerprint density at radius 2 is 2.18 bits per heavy atom. The van der Waals surface area contributed by atoms with E-state index in [-0.39, 0.29) is 6.61 Å². The number of nitrogens with zero attached hydrogens (tertiary/aromatic N) is 1. The Morgan fingerprint density at radius 1 is 1.35 bits per heavy atom. The summed E-state index contributed by atoms with van der Waals surface area (Å²) in [6, 6.07) is 8.78. The Balaban J connectivity index is 2.24. The molecular formula is C14H22N2O. The fourth-order valence-corrected chi connectivity index (χ4v) is 2.64. The summed E-state index contributed by atoms with van der Waals surface area (Å²) in [7, 11) is 1.97. The number of anilines is 1. The largest absolute Gasteiger partial charge is 0.394 e. The van der Waals surface area contributed by atoms with Gasteiger partial charge < -0.3 is 15.3 Å². The molecular weight excluding hydrogens is 212 g/mol. The van der Waals surface area contributed by atoms with E-state index < -0.39 is 0 Å². The molecule has 1 aliphatic heterocycles. The van der Waals surface area contributed by atoms with Crippen molar-refractivity contribution in [1.82, 2.24) is 5.32 Å². The lowest BCUT2D eigenvalue weighted by Gasteiger charge is -2.37. The van der Waals surface area contributed by atoms with Crippen LogP contribution in [0.4, 0.5) is 5.69 Å². The van der Waals surface area contributed by atoms with E-state index >= 15 is 0 Å². The first-order chi connectivity index (χ1) is 8.36. The van der Waals surface area contributed by atoms with E-state index in [0.717, 1.165) is 19.5 Å². The van der Waals surface area contributed by atoms with E-state index in [9.17, 15) is 5.11 Å². The summed E-state index contributed by atoms with van der Waals surface area (Å²) in [4.78, 5) is 2.37. The van der Waals surface area contributed by atoms with E-state index in [4.69, 9.17) is 0 Å². The molecule has 1 atom stereocenters. The fraction of sp³-hybridized carbons (Fsp3) is 0.571. The van der Waals surface area contributed by atoms with Crippen LogP contribution in [0.5, 0.6) is 0 Å². The average molecular weight is 234 g/mol. The van der Waals surface area contributed by atoms with Crippen LogP contribution in [-0.2, 0) is 6.54 Å². The van der Waals surface area contributed by atoms with E-state index in [0.29, 0.717) is 6.04 Å². The first-order valence-electron chi connectivity index (χ1n) is 6.47. The van der Waals surface area contributed by atoms with E-state index in [1.165, 1.54) is 24.1 Å². The summed E-state index contributed by atoms with van der Waals surface area (Å²) in [5.74, 6) is 0. The third-order valence-corrected chi connectivity index (χ3v) is 3.51. The second-order valence-corrected chi connectivity index (χ2v) is 4.68. The predicted molar refractivity (Wildman–Crippen MR) is 71.3 cm³/mol. The molecule has 94 valence electrons. The minimum atomic E-state index is 0.258. The number of nitrogens with one attached hydrogen (secondary N) is 1. The molecule has 17 heavy (non-hydrogen) atoms. The monoisotopic (exact) mass is 234 g/mol. The molecule has 0 aliphatic carbocycles. The summed E-state index contributed by atoms with van der Waals surface area (Å²) in [5, 5.41) is 12.7. The molecule has 1 fully saturated rings. The molecule has 1 heterocycles. The molecule has 0 amide bonds. The third-order valence-electron chi connectivity index (χ3n) is 3.51. The quantitative estimate of drug-likeness (QED) is 0.833. The molecule has 1 saturated heterocycles. The fourth-order valence-electron chi connectivity index (χ4n) is 2.64. The van der Waals surface area contributed by atoms with Crippen molar-refractivity contribution in [2.45, 2.75) is 31.8 Å². The maximum absolute atomic E-state index is 9.49. The molecule has 1 unspecified atom stereocenters. The first-order valence-corrected chi connectivity index (χ1v) is 6.47. The smallest absolute Gasteiger partial charge is 0.0635 e. The predicted octanol–water partition coefficient (Wildman–Crippen LogP) is 1.76. The molecule has 0 radical (unpaired) electrons. The lowest BCUT2D eigenvalue weighted by atomic mass is 10.0. The molecule has 0 bridgehead atoms. The molecule has 2 rings (SSSR count). The van der Waals surface area contributed by atoms with Gasteiger partial charge in [0.15, 0.2) is 0 Å². The molecule has 1 aromatic rings. The van der Waals surface area contributed by atoms with Crippen LogP contribution in [0.25, 0.3) is 0 Å². The van der Waals surface area contributed by atoms with Gasteiger partial charge in [0, 0.05) is 18.8 Å².